The van der Waals surface area contributed by atoms with Crippen molar-refractivity contribution in [2.24, 2.45) is 0 Å². The monoisotopic (exact) mass is 354 g/mol. The van der Waals surface area contributed by atoms with E-state index in [0.717, 1.165) is 19.6 Å². The average Bonchev–Trinajstić information content (AvgIpc) is 3.26. The lowest BCUT2D eigenvalue weighted by molar-refractivity contribution is -0.159. The molecule has 6 nitrogen and oxygen atoms in total. The zero-order chi connectivity index (χ0) is 17.9. The molecule has 0 aliphatic carbocycles. The van der Waals surface area contributed by atoms with Crippen molar-refractivity contribution in [3.05, 3.63) is 35.7 Å². The Balaban J connectivity index is 1.57. The van der Waals surface area contributed by atoms with E-state index in [1.807, 2.05) is 0 Å². The number of nitrogens with one attached hydrogen (secondary N) is 1. The first-order valence-electron chi connectivity index (χ1n) is 7.95. The van der Waals surface area contributed by atoms with Crippen molar-refractivity contribution in [1.82, 2.24) is 20.4 Å². The van der Waals surface area contributed by atoms with Crippen LogP contribution in [0.5, 0.6) is 0 Å². The molecule has 25 heavy (non-hydrogen) atoms. The molecular formula is C16H17F3N4O2. The number of likely N-dealkylation sites (tertiary alicyclic amines) is 1. The van der Waals surface area contributed by atoms with Crippen molar-refractivity contribution in [3.63, 3.8) is 0 Å². The largest absolute Gasteiger partial charge is 0.471 e. The van der Waals surface area contributed by atoms with Gasteiger partial charge in [0.25, 0.3) is 5.91 Å². The Morgan fingerprint density at radius 1 is 1.20 bits per heavy atom. The number of rotatable bonds is 5. The van der Waals surface area contributed by atoms with Crippen LogP contribution in [0.1, 0.15) is 29.1 Å². The van der Waals surface area contributed by atoms with Gasteiger partial charge < -0.3 is 14.7 Å². The van der Waals surface area contributed by atoms with Crippen molar-refractivity contribution < 1.29 is 22.5 Å². The first-order chi connectivity index (χ1) is 11.9. The first-order valence-corrected chi connectivity index (χ1v) is 7.95. The Kier molecular flexibility index (Phi) is 5.03. The number of hydrogen-bond donors (Lipinski definition) is 1. The predicted molar refractivity (Wildman–Crippen MR) is 82.7 cm³/mol. The molecule has 0 saturated carbocycles. The molecule has 0 bridgehead atoms. The minimum atomic E-state index is -4.68. The van der Waals surface area contributed by atoms with Gasteiger partial charge in [0.1, 0.15) is 0 Å². The fraction of sp³-hybridized carbons (Fsp3) is 0.438. The molecule has 1 aromatic carbocycles. The summed E-state index contributed by atoms with van der Waals surface area (Å²) in [5, 5.41) is 6.14. The first kappa shape index (κ1) is 17.4. The minimum Gasteiger partial charge on any atom is -0.351 e. The van der Waals surface area contributed by atoms with Crippen LogP contribution in [0.3, 0.4) is 0 Å². The van der Waals surface area contributed by atoms with Gasteiger partial charge >= 0.3 is 12.1 Å². The fourth-order valence-corrected chi connectivity index (χ4v) is 2.66. The highest BCUT2D eigenvalue weighted by Gasteiger charge is 2.38. The highest BCUT2D eigenvalue weighted by atomic mass is 19.4. The van der Waals surface area contributed by atoms with Crippen molar-refractivity contribution in [3.8, 4) is 11.4 Å². The van der Waals surface area contributed by atoms with Crippen molar-refractivity contribution in [2.45, 2.75) is 19.0 Å². The highest BCUT2D eigenvalue weighted by Crippen LogP contribution is 2.29. The third-order valence-electron chi connectivity index (χ3n) is 3.99. The van der Waals surface area contributed by atoms with E-state index in [-0.39, 0.29) is 11.7 Å². The molecule has 1 aromatic heterocycles. The predicted octanol–water partition coefficient (Wildman–Crippen LogP) is 2.58. The molecule has 1 saturated heterocycles. The summed E-state index contributed by atoms with van der Waals surface area (Å²) in [5.41, 5.74) is 0.762. The maximum absolute atomic E-state index is 12.5. The summed E-state index contributed by atoms with van der Waals surface area (Å²) in [4.78, 5) is 17.7. The summed E-state index contributed by atoms with van der Waals surface area (Å²) >= 11 is 0. The lowest BCUT2D eigenvalue weighted by Gasteiger charge is -2.14. The summed E-state index contributed by atoms with van der Waals surface area (Å²) in [7, 11) is 0. The van der Waals surface area contributed by atoms with Gasteiger partial charge in [0.05, 0.1) is 0 Å². The number of alkyl halides is 3. The molecule has 0 unspecified atom stereocenters. The molecule has 0 spiro atoms. The normalized spacial score (nSPS) is 15.5. The Morgan fingerprint density at radius 3 is 2.48 bits per heavy atom. The molecular weight excluding hydrogens is 337 g/mol. The van der Waals surface area contributed by atoms with Crippen LogP contribution >= 0.6 is 0 Å². The number of amides is 1. The SMILES string of the molecule is O=C(NCCN1CCCC1)c1ccc(-c2noc(C(F)(F)F)n2)cc1. The van der Waals surface area contributed by atoms with Crippen LogP contribution in [-0.2, 0) is 6.18 Å². The fourth-order valence-electron chi connectivity index (χ4n) is 2.66. The van der Waals surface area contributed by atoms with E-state index in [4.69, 9.17) is 0 Å². The summed E-state index contributed by atoms with van der Waals surface area (Å²) in [6.45, 7) is 3.50. The van der Waals surface area contributed by atoms with Crippen LogP contribution in [-0.4, -0.2) is 47.1 Å². The molecule has 0 atom stereocenters. The van der Waals surface area contributed by atoms with Gasteiger partial charge in [-0.1, -0.05) is 17.3 Å². The van der Waals surface area contributed by atoms with Crippen LogP contribution in [0.4, 0.5) is 13.2 Å². The third kappa shape index (κ3) is 4.36. The lowest BCUT2D eigenvalue weighted by Crippen LogP contribution is -2.33. The number of halogens is 3. The maximum Gasteiger partial charge on any atom is 0.471 e. The number of hydrogen-bond acceptors (Lipinski definition) is 5. The Bertz CT molecular complexity index is 722. The molecule has 3 rings (SSSR count). The van der Waals surface area contributed by atoms with Crippen LogP contribution in [0.25, 0.3) is 11.4 Å². The lowest BCUT2D eigenvalue weighted by atomic mass is 10.1. The van der Waals surface area contributed by atoms with E-state index >= 15 is 0 Å². The standard InChI is InChI=1S/C16H17F3N4O2/c17-16(18,19)15-21-13(22-25-15)11-3-5-12(6-4-11)14(24)20-7-10-23-8-1-2-9-23/h3-6H,1-2,7-10H2,(H,20,24). The Labute approximate surface area is 142 Å². The van der Waals surface area contributed by atoms with Crippen molar-refractivity contribution >= 4 is 5.91 Å². The van der Waals surface area contributed by atoms with Gasteiger partial charge in [0.2, 0.25) is 5.82 Å². The molecule has 1 aliphatic heterocycles. The van der Waals surface area contributed by atoms with Gasteiger partial charge in [-0.05, 0) is 38.1 Å². The summed E-state index contributed by atoms with van der Waals surface area (Å²) < 4.78 is 41.6. The van der Waals surface area contributed by atoms with Gasteiger partial charge in [-0.3, -0.25) is 4.79 Å². The van der Waals surface area contributed by atoms with Crippen molar-refractivity contribution in [2.75, 3.05) is 26.2 Å². The Morgan fingerprint density at radius 2 is 1.88 bits per heavy atom. The number of benzene rings is 1. The second kappa shape index (κ2) is 7.22. The van der Waals surface area contributed by atoms with Gasteiger partial charge in [0, 0.05) is 24.2 Å². The van der Waals surface area contributed by atoms with Crippen LogP contribution in [0, 0.1) is 0 Å². The molecule has 1 N–H and O–H groups in total. The molecule has 9 heteroatoms. The highest BCUT2D eigenvalue weighted by molar-refractivity contribution is 5.94. The third-order valence-corrected chi connectivity index (χ3v) is 3.99. The second-order valence-corrected chi connectivity index (χ2v) is 5.80. The van der Waals surface area contributed by atoms with Crippen LogP contribution in [0.2, 0.25) is 0 Å². The van der Waals surface area contributed by atoms with E-state index in [1.165, 1.54) is 37.1 Å². The Hall–Kier alpha value is -2.42. The summed E-state index contributed by atoms with van der Waals surface area (Å²) in [6.07, 6.45) is -2.29. The smallest absolute Gasteiger partial charge is 0.351 e. The number of aromatic nitrogens is 2. The van der Waals surface area contributed by atoms with Gasteiger partial charge in [-0.25, -0.2) is 0 Å². The van der Waals surface area contributed by atoms with Gasteiger partial charge in [-0.2, -0.15) is 18.2 Å². The van der Waals surface area contributed by atoms with Gasteiger partial charge in [-0.15, -0.1) is 0 Å². The quantitative estimate of drug-likeness (QED) is 0.894. The van der Waals surface area contributed by atoms with Crippen LogP contribution < -0.4 is 5.32 Å². The van der Waals surface area contributed by atoms with E-state index in [9.17, 15) is 18.0 Å². The zero-order valence-corrected chi connectivity index (χ0v) is 13.3. The number of carbonyl (C=O) groups excluding carboxylic acids is 1. The molecule has 1 fully saturated rings. The number of nitrogens with zero attached hydrogens (tertiary/aromatic N) is 3. The number of carbonyl (C=O) groups is 1. The van der Waals surface area contributed by atoms with Gasteiger partial charge in [0.15, 0.2) is 0 Å². The van der Waals surface area contributed by atoms with Crippen LogP contribution in [0.15, 0.2) is 28.8 Å². The van der Waals surface area contributed by atoms with E-state index < -0.39 is 12.1 Å². The zero-order valence-electron chi connectivity index (χ0n) is 13.3. The minimum absolute atomic E-state index is 0.173. The molecule has 2 aromatic rings. The van der Waals surface area contributed by atoms with E-state index in [0.29, 0.717) is 17.7 Å². The summed E-state index contributed by atoms with van der Waals surface area (Å²) in [6, 6.07) is 6.01. The summed E-state index contributed by atoms with van der Waals surface area (Å²) in [5.74, 6) is -1.80. The van der Waals surface area contributed by atoms with Crippen molar-refractivity contribution in [1.29, 1.82) is 0 Å². The second-order valence-electron chi connectivity index (χ2n) is 5.80. The maximum atomic E-state index is 12.5. The average molecular weight is 354 g/mol. The van der Waals surface area contributed by atoms with E-state index in [1.54, 1.807) is 0 Å². The molecule has 1 amide bonds. The molecule has 1 aliphatic rings. The molecule has 2 heterocycles. The molecule has 134 valence electrons. The topological polar surface area (TPSA) is 71.3 Å². The van der Waals surface area contributed by atoms with E-state index in [2.05, 4.69) is 24.9 Å². The molecule has 0 radical (unpaired) electrons.